The molecule has 5 nitrogen and oxygen atoms in total. The normalized spacial score (nSPS) is 19.3. The lowest BCUT2D eigenvalue weighted by Gasteiger charge is -2.16. The third-order valence-corrected chi connectivity index (χ3v) is 3.78. The summed E-state index contributed by atoms with van der Waals surface area (Å²) in [5.74, 6) is -0.654. The van der Waals surface area contributed by atoms with Gasteiger partial charge in [0.1, 0.15) is 0 Å². The van der Waals surface area contributed by atoms with Gasteiger partial charge in [0.25, 0.3) is 11.9 Å². The molecule has 0 unspecified atom stereocenters. The van der Waals surface area contributed by atoms with Crippen molar-refractivity contribution in [1.29, 1.82) is 0 Å². The summed E-state index contributed by atoms with van der Waals surface area (Å²) in [6.07, 6.45) is 3.01. The van der Waals surface area contributed by atoms with Gasteiger partial charge in [-0.25, -0.2) is 0 Å². The number of hydrogen-bond acceptors (Lipinski definition) is 5. The van der Waals surface area contributed by atoms with Crippen molar-refractivity contribution in [3.8, 4) is 0 Å². The maximum atomic E-state index is 11.3. The lowest BCUT2D eigenvalue weighted by Crippen LogP contribution is -2.35. The van der Waals surface area contributed by atoms with Crippen LogP contribution < -0.4 is 0 Å². The Morgan fingerprint density at radius 1 is 1.06 bits per heavy atom. The van der Waals surface area contributed by atoms with Gasteiger partial charge in [0.2, 0.25) is 0 Å². The number of carbonyl (C=O) groups excluding carboxylic acids is 2. The Morgan fingerprint density at radius 2 is 1.56 bits per heavy atom. The van der Waals surface area contributed by atoms with E-state index < -0.39 is 15.1 Å². The van der Waals surface area contributed by atoms with E-state index >= 15 is 0 Å². The third kappa shape index (κ3) is 5.50. The predicted octanol–water partition coefficient (Wildman–Crippen LogP) is 1.45. The highest BCUT2D eigenvalue weighted by Gasteiger charge is 2.43. The van der Waals surface area contributed by atoms with E-state index in [1.165, 1.54) is 0 Å². The minimum Gasteiger partial charge on any atom is -0.562 e. The van der Waals surface area contributed by atoms with E-state index in [1.807, 2.05) is 13.8 Å². The van der Waals surface area contributed by atoms with Crippen LogP contribution in [0.4, 0.5) is 0 Å². The molecule has 0 aromatic rings. The van der Waals surface area contributed by atoms with Crippen LogP contribution in [0.5, 0.6) is 0 Å². The molecule has 1 saturated heterocycles. The van der Waals surface area contributed by atoms with Crippen molar-refractivity contribution in [2.24, 2.45) is 0 Å². The van der Waals surface area contributed by atoms with Crippen LogP contribution in [-0.2, 0) is 21.0 Å². The van der Waals surface area contributed by atoms with E-state index in [2.05, 4.69) is 0 Å². The van der Waals surface area contributed by atoms with Crippen molar-refractivity contribution in [2.45, 2.75) is 52.1 Å². The Kier molecular flexibility index (Phi) is 5.82. The molecule has 0 amide bonds. The van der Waals surface area contributed by atoms with Gasteiger partial charge < -0.3 is 11.4 Å². The second-order valence-corrected chi connectivity index (χ2v) is 5.33. The summed E-state index contributed by atoms with van der Waals surface area (Å²) in [6, 6.07) is 0. The van der Waals surface area contributed by atoms with E-state index in [0.29, 0.717) is 12.8 Å². The molecule has 1 rings (SSSR count). The minimum atomic E-state index is -2.62. The highest BCUT2D eigenvalue weighted by molar-refractivity contribution is 6.41. The first-order valence-corrected chi connectivity index (χ1v) is 7.04. The fraction of sp³-hybridized carbons (Fsp3) is 0.800. The maximum absolute atomic E-state index is 11.3. The van der Waals surface area contributed by atoms with Gasteiger partial charge in [-0.3, -0.25) is 9.59 Å². The average molecular weight is 244 g/mol. The zero-order valence-corrected chi connectivity index (χ0v) is 10.9. The van der Waals surface area contributed by atoms with Gasteiger partial charge in [-0.05, 0) is 26.7 Å². The van der Waals surface area contributed by atoms with Gasteiger partial charge >= 0.3 is 15.1 Å². The van der Waals surface area contributed by atoms with E-state index in [9.17, 15) is 9.59 Å². The SMILES string of the molecule is CC(C)[O][Al]1[O]C(=O)CCCCCC(=O)[O]1. The van der Waals surface area contributed by atoms with Crippen molar-refractivity contribution in [2.75, 3.05) is 0 Å². The summed E-state index contributed by atoms with van der Waals surface area (Å²) in [5.41, 5.74) is 0. The summed E-state index contributed by atoms with van der Waals surface area (Å²) < 4.78 is 15.4. The van der Waals surface area contributed by atoms with Crippen LogP contribution in [0.2, 0.25) is 0 Å². The van der Waals surface area contributed by atoms with Crippen molar-refractivity contribution in [1.82, 2.24) is 0 Å². The molecule has 0 radical (unpaired) electrons. The smallest absolute Gasteiger partial charge is 0.562 e. The van der Waals surface area contributed by atoms with Gasteiger partial charge in [0, 0.05) is 18.9 Å². The second kappa shape index (κ2) is 6.90. The van der Waals surface area contributed by atoms with Crippen LogP contribution in [0.3, 0.4) is 0 Å². The lowest BCUT2D eigenvalue weighted by atomic mass is 10.1. The molecule has 1 aliphatic rings. The van der Waals surface area contributed by atoms with Crippen molar-refractivity contribution < 1.29 is 21.0 Å². The Bertz CT molecular complexity index is 234. The monoisotopic (exact) mass is 244 g/mol. The summed E-state index contributed by atoms with van der Waals surface area (Å²) in [4.78, 5) is 22.7. The van der Waals surface area contributed by atoms with E-state index in [1.54, 1.807) is 0 Å². The van der Waals surface area contributed by atoms with Crippen LogP contribution in [0, 0.1) is 0 Å². The lowest BCUT2D eigenvalue weighted by molar-refractivity contribution is -0.144. The Balaban J connectivity index is 2.54. The van der Waals surface area contributed by atoms with Gasteiger partial charge in [0.15, 0.2) is 0 Å². The highest BCUT2D eigenvalue weighted by Crippen LogP contribution is 2.10. The number of rotatable bonds is 2. The highest BCUT2D eigenvalue weighted by atomic mass is 27.3. The minimum absolute atomic E-state index is 0.111. The Labute approximate surface area is 100 Å². The van der Waals surface area contributed by atoms with Crippen LogP contribution in [-0.4, -0.2) is 33.2 Å². The zero-order valence-electron chi connectivity index (χ0n) is 9.73. The van der Waals surface area contributed by atoms with Crippen LogP contribution >= 0.6 is 0 Å². The van der Waals surface area contributed by atoms with E-state index in [4.69, 9.17) is 11.4 Å². The average Bonchev–Trinajstić information content (AvgIpc) is 2.15. The largest absolute Gasteiger partial charge is 1.10 e. The van der Waals surface area contributed by atoms with Gasteiger partial charge in [-0.1, -0.05) is 6.42 Å². The first-order valence-electron chi connectivity index (χ1n) is 5.62. The van der Waals surface area contributed by atoms with Crippen molar-refractivity contribution in [3.63, 3.8) is 0 Å². The van der Waals surface area contributed by atoms with Gasteiger partial charge in [0.05, 0.1) is 0 Å². The summed E-state index contributed by atoms with van der Waals surface area (Å²) in [5, 5.41) is 0. The van der Waals surface area contributed by atoms with Gasteiger partial charge in [-0.2, -0.15) is 0 Å². The quantitative estimate of drug-likeness (QED) is 0.688. The second-order valence-electron chi connectivity index (χ2n) is 4.01. The number of carbonyl (C=O) groups is 2. The standard InChI is InChI=1S/C7H12O4.C3H7O.Al/c8-6(9)4-2-1-3-5-7(10)11;1-3(2)4;/h1-5H2,(H,8,9)(H,10,11);3H,1-2H3;/q;-1;+3/p-2. The molecule has 6 heteroatoms. The van der Waals surface area contributed by atoms with Crippen LogP contribution in [0.25, 0.3) is 0 Å². The maximum Gasteiger partial charge on any atom is 1.10 e. The fourth-order valence-corrected chi connectivity index (χ4v) is 2.62. The van der Waals surface area contributed by atoms with Gasteiger partial charge in [-0.15, -0.1) is 0 Å². The molecule has 16 heavy (non-hydrogen) atoms. The zero-order chi connectivity index (χ0) is 12.0. The molecule has 0 saturated carbocycles. The topological polar surface area (TPSA) is 61.8 Å². The molecule has 0 bridgehead atoms. The molecule has 0 N–H and O–H groups in total. The summed E-state index contributed by atoms with van der Waals surface area (Å²) >= 11 is -2.62. The Morgan fingerprint density at radius 3 is 2.00 bits per heavy atom. The Hall–Kier alpha value is -0.568. The van der Waals surface area contributed by atoms with Crippen LogP contribution in [0.15, 0.2) is 0 Å². The predicted molar refractivity (Wildman–Crippen MR) is 57.2 cm³/mol. The third-order valence-electron chi connectivity index (χ3n) is 2.10. The molecular weight excluding hydrogens is 227 g/mol. The molecule has 0 atom stereocenters. The first kappa shape index (κ1) is 13.5. The first-order chi connectivity index (χ1) is 7.58. The summed E-state index contributed by atoms with van der Waals surface area (Å²) in [6.45, 7) is 3.63. The van der Waals surface area contributed by atoms with Crippen molar-refractivity contribution in [3.05, 3.63) is 0 Å². The molecule has 1 heterocycles. The van der Waals surface area contributed by atoms with Crippen molar-refractivity contribution >= 4 is 27.1 Å². The van der Waals surface area contributed by atoms with E-state index in [-0.39, 0.29) is 18.0 Å². The summed E-state index contributed by atoms with van der Waals surface area (Å²) in [7, 11) is 0. The molecular formula is C10H17AlO5. The van der Waals surface area contributed by atoms with E-state index in [0.717, 1.165) is 19.3 Å². The molecule has 1 fully saturated rings. The molecule has 90 valence electrons. The fourth-order valence-electron chi connectivity index (χ4n) is 1.35. The molecule has 0 aromatic carbocycles. The molecule has 0 aliphatic carbocycles. The van der Waals surface area contributed by atoms with Crippen LogP contribution in [0.1, 0.15) is 46.0 Å². The number of hydrogen-bond donors (Lipinski definition) is 0. The molecule has 0 aromatic heterocycles. The molecule has 0 spiro atoms. The molecule has 1 aliphatic heterocycles.